The molecule has 0 bridgehead atoms. The summed E-state index contributed by atoms with van der Waals surface area (Å²) in [5.74, 6) is 0.362. The fraction of sp³-hybridized carbons (Fsp3) is 0.818. The monoisotopic (exact) mass is 225 g/mol. The molecule has 2 atom stereocenters. The summed E-state index contributed by atoms with van der Waals surface area (Å²) < 4.78 is 0. The van der Waals surface area contributed by atoms with Gasteiger partial charge in [0.25, 0.3) is 0 Å². The number of hydrogen-bond acceptors (Lipinski definition) is 3. The zero-order valence-electron chi connectivity index (χ0n) is 9.65. The lowest BCUT2D eigenvalue weighted by Gasteiger charge is -2.24. The van der Waals surface area contributed by atoms with Gasteiger partial charge in [0.05, 0.1) is 6.04 Å². The molecule has 1 fully saturated rings. The quantitative estimate of drug-likeness (QED) is 0.737. The Labute approximate surface area is 95.5 Å². The molecule has 0 saturated carbocycles. The zero-order valence-corrected chi connectivity index (χ0v) is 9.65. The molecule has 5 heteroatoms. The Hall–Kier alpha value is -1.26. The van der Waals surface area contributed by atoms with E-state index in [0.29, 0.717) is 12.8 Å². The summed E-state index contributed by atoms with van der Waals surface area (Å²) in [4.78, 5) is 11.4. The Morgan fingerprint density at radius 2 is 2.38 bits per heavy atom. The summed E-state index contributed by atoms with van der Waals surface area (Å²) in [5.41, 5.74) is 0. The maximum absolute atomic E-state index is 11.4. The molecule has 2 heterocycles. The first kappa shape index (κ1) is 11.2. The van der Waals surface area contributed by atoms with E-state index in [-0.39, 0.29) is 23.9 Å². The van der Waals surface area contributed by atoms with Crippen molar-refractivity contribution >= 4 is 11.8 Å². The smallest absolute Gasteiger partial charge is 0.220 e. The molecule has 0 aromatic rings. The van der Waals surface area contributed by atoms with Gasteiger partial charge < -0.3 is 10.4 Å². The molecule has 1 amide bonds. The summed E-state index contributed by atoms with van der Waals surface area (Å²) in [6, 6.07) is 0.465. The molecular formula is C11H19N3O2. The summed E-state index contributed by atoms with van der Waals surface area (Å²) >= 11 is 0. The molecule has 0 aromatic carbocycles. The first-order valence-electron chi connectivity index (χ1n) is 5.94. The van der Waals surface area contributed by atoms with Gasteiger partial charge in [0.1, 0.15) is 0 Å². The number of aliphatic hydroxyl groups is 1. The second kappa shape index (κ2) is 4.72. The van der Waals surface area contributed by atoms with E-state index in [1.807, 2.05) is 7.05 Å². The highest BCUT2D eigenvalue weighted by molar-refractivity contribution is 5.77. The van der Waals surface area contributed by atoms with Crippen LogP contribution in [0.4, 0.5) is 0 Å². The van der Waals surface area contributed by atoms with Crippen molar-refractivity contribution in [1.82, 2.24) is 10.3 Å². The predicted molar refractivity (Wildman–Crippen MR) is 61.2 cm³/mol. The lowest BCUT2D eigenvalue weighted by Crippen LogP contribution is -2.38. The normalized spacial score (nSPS) is 30.9. The van der Waals surface area contributed by atoms with Crippen LogP contribution in [0.2, 0.25) is 0 Å². The van der Waals surface area contributed by atoms with E-state index in [1.165, 1.54) is 0 Å². The third-order valence-corrected chi connectivity index (χ3v) is 3.35. The second-order valence-corrected chi connectivity index (χ2v) is 4.69. The van der Waals surface area contributed by atoms with Gasteiger partial charge in [-0.2, -0.15) is 0 Å². The Kier molecular flexibility index (Phi) is 3.31. The Bertz CT molecular complexity index is 304. The molecule has 2 N–H and O–H groups in total. The lowest BCUT2D eigenvalue weighted by molar-refractivity contribution is -0.121. The highest BCUT2D eigenvalue weighted by Gasteiger charge is 2.27. The van der Waals surface area contributed by atoms with Crippen LogP contribution in [0.15, 0.2) is 5.10 Å². The molecule has 0 aromatic heterocycles. The van der Waals surface area contributed by atoms with Crippen molar-refractivity contribution in [2.45, 2.75) is 50.6 Å². The molecule has 1 saturated heterocycles. The van der Waals surface area contributed by atoms with E-state index in [2.05, 4.69) is 10.4 Å². The van der Waals surface area contributed by atoms with E-state index < -0.39 is 0 Å². The molecule has 0 aliphatic carbocycles. The van der Waals surface area contributed by atoms with Crippen LogP contribution in [0.3, 0.4) is 0 Å². The molecule has 16 heavy (non-hydrogen) atoms. The number of carbonyl (C=O) groups is 1. The van der Waals surface area contributed by atoms with Gasteiger partial charge in [0, 0.05) is 25.9 Å². The average Bonchev–Trinajstić information content (AvgIpc) is 2.42. The van der Waals surface area contributed by atoms with Crippen molar-refractivity contribution in [2.75, 3.05) is 7.05 Å². The van der Waals surface area contributed by atoms with Gasteiger partial charge in [-0.05, 0) is 19.3 Å². The van der Waals surface area contributed by atoms with Crippen molar-refractivity contribution in [3.8, 4) is 0 Å². The first-order valence-corrected chi connectivity index (χ1v) is 5.94. The minimum absolute atomic E-state index is 0.160. The molecule has 0 radical (unpaired) electrons. The molecule has 2 aliphatic rings. The lowest BCUT2D eigenvalue weighted by atomic mass is 10.0. The summed E-state index contributed by atoms with van der Waals surface area (Å²) in [7, 11) is 1.87. The molecular weight excluding hydrogens is 206 g/mol. The van der Waals surface area contributed by atoms with Gasteiger partial charge in [0.15, 0.2) is 0 Å². The van der Waals surface area contributed by atoms with Crippen LogP contribution in [-0.4, -0.2) is 41.1 Å². The van der Waals surface area contributed by atoms with Crippen LogP contribution in [0.25, 0.3) is 0 Å². The van der Waals surface area contributed by atoms with E-state index in [4.69, 9.17) is 0 Å². The van der Waals surface area contributed by atoms with Crippen molar-refractivity contribution in [2.24, 2.45) is 5.10 Å². The van der Waals surface area contributed by atoms with Gasteiger partial charge >= 0.3 is 0 Å². The van der Waals surface area contributed by atoms with Crippen LogP contribution in [0.5, 0.6) is 0 Å². The maximum atomic E-state index is 11.4. The summed E-state index contributed by atoms with van der Waals surface area (Å²) in [5, 5.41) is 18.1. The van der Waals surface area contributed by atoms with Crippen molar-refractivity contribution < 1.29 is 9.90 Å². The number of hydrogen-bond donors (Lipinski definition) is 2. The fourth-order valence-corrected chi connectivity index (χ4v) is 2.44. The fourth-order valence-electron chi connectivity index (χ4n) is 2.44. The largest absolute Gasteiger partial charge is 0.495 e. The minimum Gasteiger partial charge on any atom is -0.495 e. The van der Waals surface area contributed by atoms with Crippen molar-refractivity contribution in [3.05, 3.63) is 0 Å². The molecule has 0 spiro atoms. The zero-order chi connectivity index (χ0) is 11.5. The topological polar surface area (TPSA) is 64.9 Å². The summed E-state index contributed by atoms with van der Waals surface area (Å²) in [6.07, 6.45) is 5.26. The highest BCUT2D eigenvalue weighted by Crippen LogP contribution is 2.20. The maximum Gasteiger partial charge on any atom is 0.220 e. The standard InChI is InChI=1S/C11H19N3O2/c1-14-9(7-11(16)13-14)6-8-4-2-3-5-10(15)12-8/h8-9H,2-7H2,1H3,(H,12,15)(H,13,16). The molecule has 5 nitrogen and oxygen atoms in total. The molecule has 2 aliphatic heterocycles. The third kappa shape index (κ3) is 2.65. The molecule has 90 valence electrons. The number of hydrazone groups is 1. The Morgan fingerprint density at radius 3 is 3.06 bits per heavy atom. The number of carbonyl (C=O) groups excluding carboxylic acids is 1. The van der Waals surface area contributed by atoms with Gasteiger partial charge in [0.2, 0.25) is 11.8 Å². The number of aliphatic hydroxyl groups excluding tert-OH is 1. The number of amides is 1. The van der Waals surface area contributed by atoms with Gasteiger partial charge in [-0.25, -0.2) is 0 Å². The van der Waals surface area contributed by atoms with Crippen LogP contribution >= 0.6 is 0 Å². The van der Waals surface area contributed by atoms with Gasteiger partial charge in [-0.15, -0.1) is 5.10 Å². The van der Waals surface area contributed by atoms with Gasteiger partial charge in [-0.3, -0.25) is 9.80 Å². The van der Waals surface area contributed by atoms with Crippen LogP contribution in [0.1, 0.15) is 38.5 Å². The second-order valence-electron chi connectivity index (χ2n) is 4.69. The number of nitrogens with one attached hydrogen (secondary N) is 1. The van der Waals surface area contributed by atoms with Crippen molar-refractivity contribution in [3.63, 3.8) is 0 Å². The molecule has 2 rings (SSSR count). The Morgan fingerprint density at radius 1 is 1.56 bits per heavy atom. The van der Waals surface area contributed by atoms with Crippen LogP contribution in [0, 0.1) is 0 Å². The van der Waals surface area contributed by atoms with Crippen molar-refractivity contribution in [1.29, 1.82) is 0 Å². The third-order valence-electron chi connectivity index (χ3n) is 3.35. The summed E-state index contributed by atoms with van der Waals surface area (Å²) in [6.45, 7) is 0. The minimum atomic E-state index is 0.160. The van der Waals surface area contributed by atoms with E-state index >= 15 is 0 Å². The van der Waals surface area contributed by atoms with E-state index in [9.17, 15) is 9.90 Å². The van der Waals surface area contributed by atoms with Crippen LogP contribution in [-0.2, 0) is 4.79 Å². The predicted octanol–water partition coefficient (Wildman–Crippen LogP) is 1.01. The average molecular weight is 225 g/mol. The Balaban J connectivity index is 1.87. The van der Waals surface area contributed by atoms with Gasteiger partial charge in [-0.1, -0.05) is 6.42 Å². The van der Waals surface area contributed by atoms with E-state index in [0.717, 1.165) is 25.7 Å². The van der Waals surface area contributed by atoms with Crippen LogP contribution < -0.4 is 5.32 Å². The first-order chi connectivity index (χ1) is 7.65. The van der Waals surface area contributed by atoms with E-state index in [1.54, 1.807) is 5.01 Å². The number of rotatable bonds is 2. The SMILES string of the molecule is CN1N=C(O)CC1CC1CCCCC(=O)N1. The number of nitrogens with zero attached hydrogens (tertiary/aromatic N) is 2. The molecule has 2 unspecified atom stereocenters. The highest BCUT2D eigenvalue weighted by atomic mass is 16.3.